The predicted molar refractivity (Wildman–Crippen MR) is 80.2 cm³/mol. The van der Waals surface area contributed by atoms with Gasteiger partial charge in [-0.1, -0.05) is 30.3 Å². The molecule has 0 aliphatic carbocycles. The number of carbonyl (C=O) groups is 2. The second kappa shape index (κ2) is 5.48. The number of rotatable bonds is 3. The number of anilines is 1. The predicted octanol–water partition coefficient (Wildman–Crippen LogP) is 1.49. The van der Waals surface area contributed by atoms with E-state index in [1.54, 1.807) is 18.3 Å². The van der Waals surface area contributed by atoms with Gasteiger partial charge in [0.1, 0.15) is 0 Å². The highest BCUT2D eigenvalue weighted by molar-refractivity contribution is 6.15. The van der Waals surface area contributed by atoms with Gasteiger partial charge in [-0.05, 0) is 24.6 Å². The summed E-state index contributed by atoms with van der Waals surface area (Å²) in [5.74, 6) is -0.340. The standard InChI is InChI=1S/C16H15N3O3/c1-16(14(20)18-10-11-6-3-2-4-7-11)15(21)19-13-12(22-16)8-5-9-17-13/h2-9H,10H2,1H3,(H,18,20)(H,17,19,21). The van der Waals surface area contributed by atoms with Crippen LogP contribution >= 0.6 is 0 Å². The van der Waals surface area contributed by atoms with Crippen molar-refractivity contribution in [3.05, 3.63) is 54.2 Å². The first-order chi connectivity index (χ1) is 10.6. The highest BCUT2D eigenvalue weighted by atomic mass is 16.5. The molecule has 112 valence electrons. The summed E-state index contributed by atoms with van der Waals surface area (Å²) in [4.78, 5) is 28.6. The van der Waals surface area contributed by atoms with Crippen molar-refractivity contribution < 1.29 is 14.3 Å². The second-order valence-electron chi connectivity index (χ2n) is 5.11. The van der Waals surface area contributed by atoms with Crippen LogP contribution in [0.1, 0.15) is 12.5 Å². The van der Waals surface area contributed by atoms with Crippen molar-refractivity contribution >= 4 is 17.6 Å². The maximum atomic E-state index is 12.4. The summed E-state index contributed by atoms with van der Waals surface area (Å²) >= 11 is 0. The van der Waals surface area contributed by atoms with Gasteiger partial charge in [0.15, 0.2) is 11.6 Å². The average molecular weight is 297 g/mol. The maximum absolute atomic E-state index is 12.4. The third-order valence-electron chi connectivity index (χ3n) is 3.48. The topological polar surface area (TPSA) is 80.3 Å². The molecule has 0 saturated heterocycles. The Bertz CT molecular complexity index is 718. The van der Waals surface area contributed by atoms with Gasteiger partial charge in [0, 0.05) is 12.7 Å². The van der Waals surface area contributed by atoms with Crippen LogP contribution in [-0.2, 0) is 16.1 Å². The highest BCUT2D eigenvalue weighted by Crippen LogP contribution is 2.31. The van der Waals surface area contributed by atoms with Gasteiger partial charge < -0.3 is 15.4 Å². The molecule has 1 atom stereocenters. The van der Waals surface area contributed by atoms with Gasteiger partial charge in [-0.15, -0.1) is 0 Å². The molecule has 0 saturated carbocycles. The van der Waals surface area contributed by atoms with Crippen LogP contribution in [0.2, 0.25) is 0 Å². The molecule has 1 aliphatic heterocycles. The van der Waals surface area contributed by atoms with Crippen molar-refractivity contribution in [2.75, 3.05) is 5.32 Å². The molecular weight excluding hydrogens is 282 g/mol. The molecule has 0 bridgehead atoms. The SMILES string of the molecule is CC1(C(=O)NCc2ccccc2)Oc2cccnc2NC1=O. The molecule has 1 aromatic heterocycles. The molecule has 1 unspecified atom stereocenters. The van der Waals surface area contributed by atoms with Crippen LogP contribution in [0.3, 0.4) is 0 Å². The van der Waals surface area contributed by atoms with Crippen LogP contribution in [0.4, 0.5) is 5.82 Å². The third kappa shape index (κ3) is 2.50. The smallest absolute Gasteiger partial charge is 0.279 e. The molecule has 2 amide bonds. The van der Waals surface area contributed by atoms with E-state index in [2.05, 4.69) is 15.6 Å². The van der Waals surface area contributed by atoms with Gasteiger partial charge in [0.25, 0.3) is 17.4 Å². The van der Waals surface area contributed by atoms with Crippen LogP contribution in [0.25, 0.3) is 0 Å². The van der Waals surface area contributed by atoms with E-state index in [4.69, 9.17) is 4.74 Å². The summed E-state index contributed by atoms with van der Waals surface area (Å²) in [7, 11) is 0. The Morgan fingerprint density at radius 3 is 2.82 bits per heavy atom. The third-order valence-corrected chi connectivity index (χ3v) is 3.48. The number of aromatic nitrogens is 1. The molecule has 2 aromatic rings. The molecule has 1 aromatic carbocycles. The number of amides is 2. The van der Waals surface area contributed by atoms with E-state index in [1.807, 2.05) is 30.3 Å². The van der Waals surface area contributed by atoms with E-state index in [0.717, 1.165) is 5.56 Å². The fraction of sp³-hybridized carbons (Fsp3) is 0.188. The van der Waals surface area contributed by atoms with Gasteiger partial charge in [-0.3, -0.25) is 9.59 Å². The fourth-order valence-corrected chi connectivity index (χ4v) is 2.16. The zero-order chi connectivity index (χ0) is 15.6. The Balaban J connectivity index is 1.75. The van der Waals surface area contributed by atoms with Crippen LogP contribution in [0.5, 0.6) is 5.75 Å². The monoisotopic (exact) mass is 297 g/mol. The summed E-state index contributed by atoms with van der Waals surface area (Å²) in [6.07, 6.45) is 1.54. The summed E-state index contributed by atoms with van der Waals surface area (Å²) in [5.41, 5.74) is -0.678. The first kappa shape index (κ1) is 14.1. The van der Waals surface area contributed by atoms with Crippen molar-refractivity contribution in [1.29, 1.82) is 0 Å². The van der Waals surface area contributed by atoms with E-state index in [0.29, 0.717) is 18.1 Å². The number of nitrogens with one attached hydrogen (secondary N) is 2. The van der Waals surface area contributed by atoms with Crippen molar-refractivity contribution in [2.24, 2.45) is 0 Å². The minimum Gasteiger partial charge on any atom is -0.464 e. The van der Waals surface area contributed by atoms with Gasteiger partial charge in [-0.2, -0.15) is 0 Å². The molecule has 0 radical (unpaired) electrons. The molecule has 2 heterocycles. The number of hydrogen-bond donors (Lipinski definition) is 2. The minimum atomic E-state index is -1.62. The van der Waals surface area contributed by atoms with Crippen molar-refractivity contribution in [3.8, 4) is 5.75 Å². The number of ether oxygens (including phenoxy) is 1. The van der Waals surface area contributed by atoms with Crippen molar-refractivity contribution in [2.45, 2.75) is 19.1 Å². The largest absolute Gasteiger partial charge is 0.464 e. The van der Waals surface area contributed by atoms with Crippen LogP contribution in [0, 0.1) is 0 Å². The second-order valence-corrected chi connectivity index (χ2v) is 5.11. The Morgan fingerprint density at radius 1 is 1.27 bits per heavy atom. The van der Waals surface area contributed by atoms with E-state index in [-0.39, 0.29) is 0 Å². The molecule has 0 fully saturated rings. The van der Waals surface area contributed by atoms with Gasteiger partial charge >= 0.3 is 0 Å². The van der Waals surface area contributed by atoms with E-state index in [1.165, 1.54) is 6.92 Å². The van der Waals surface area contributed by atoms with Crippen molar-refractivity contribution in [3.63, 3.8) is 0 Å². The summed E-state index contributed by atoms with van der Waals surface area (Å²) in [6, 6.07) is 12.8. The number of benzene rings is 1. The van der Waals surface area contributed by atoms with E-state index in [9.17, 15) is 9.59 Å². The first-order valence-corrected chi connectivity index (χ1v) is 6.87. The van der Waals surface area contributed by atoms with Crippen LogP contribution < -0.4 is 15.4 Å². The summed E-state index contributed by atoms with van der Waals surface area (Å²) < 4.78 is 5.60. The lowest BCUT2D eigenvalue weighted by Crippen LogP contribution is -2.58. The van der Waals surface area contributed by atoms with Gasteiger partial charge in [-0.25, -0.2) is 4.98 Å². The molecular formula is C16H15N3O3. The molecule has 6 heteroatoms. The zero-order valence-corrected chi connectivity index (χ0v) is 12.0. The van der Waals surface area contributed by atoms with Gasteiger partial charge in [0.2, 0.25) is 0 Å². The lowest BCUT2D eigenvalue weighted by molar-refractivity contribution is -0.146. The lowest BCUT2D eigenvalue weighted by atomic mass is 10.0. The summed E-state index contributed by atoms with van der Waals surface area (Å²) in [6.45, 7) is 1.77. The molecule has 1 aliphatic rings. The number of pyridine rings is 1. The molecule has 22 heavy (non-hydrogen) atoms. The average Bonchev–Trinajstić information content (AvgIpc) is 2.54. The lowest BCUT2D eigenvalue weighted by Gasteiger charge is -2.32. The number of hydrogen-bond acceptors (Lipinski definition) is 4. The van der Waals surface area contributed by atoms with Crippen LogP contribution in [-0.4, -0.2) is 22.4 Å². The van der Waals surface area contributed by atoms with Gasteiger partial charge in [0.05, 0.1) is 0 Å². The number of fused-ring (bicyclic) bond motifs is 1. The Hall–Kier alpha value is -2.89. The van der Waals surface area contributed by atoms with Crippen LogP contribution in [0.15, 0.2) is 48.7 Å². The fourth-order valence-electron chi connectivity index (χ4n) is 2.16. The molecule has 2 N–H and O–H groups in total. The quantitative estimate of drug-likeness (QED) is 0.841. The maximum Gasteiger partial charge on any atom is 0.279 e. The Kier molecular flexibility index (Phi) is 3.50. The Labute approximate surface area is 127 Å². The molecule has 3 rings (SSSR count). The molecule has 0 spiro atoms. The number of nitrogens with zero attached hydrogens (tertiary/aromatic N) is 1. The molecule has 6 nitrogen and oxygen atoms in total. The minimum absolute atomic E-state index is 0.320. The van der Waals surface area contributed by atoms with Crippen molar-refractivity contribution in [1.82, 2.24) is 10.3 Å². The normalized spacial score (nSPS) is 19.6. The summed E-state index contributed by atoms with van der Waals surface area (Å²) in [5, 5.41) is 5.32. The first-order valence-electron chi connectivity index (χ1n) is 6.87. The highest BCUT2D eigenvalue weighted by Gasteiger charge is 2.47. The Morgan fingerprint density at radius 2 is 2.05 bits per heavy atom. The zero-order valence-electron chi connectivity index (χ0n) is 12.0. The number of carbonyl (C=O) groups excluding carboxylic acids is 2. The van der Waals surface area contributed by atoms with E-state index < -0.39 is 17.4 Å². The van der Waals surface area contributed by atoms with E-state index >= 15 is 0 Å².